The minimum atomic E-state index is -0.390. The van der Waals surface area contributed by atoms with Crippen molar-refractivity contribution in [3.05, 3.63) is 12.2 Å². The normalized spacial score (nSPS) is 13.4. The summed E-state index contributed by atoms with van der Waals surface area (Å²) in [4.78, 5) is 11.3. The minimum Gasteiger partial charge on any atom is -0.389 e. The standard InChI is InChI=1S/C12H22O2/c1-3-5-6-8-12(14)10-7-9-11(13)4-2/h7,9,11,13H,3-6,8,10H2,1-2H3. The Morgan fingerprint density at radius 3 is 2.64 bits per heavy atom. The highest BCUT2D eigenvalue weighted by molar-refractivity contribution is 5.79. The Balaban J connectivity index is 3.48. The lowest BCUT2D eigenvalue weighted by atomic mass is 10.1. The van der Waals surface area contributed by atoms with E-state index in [1.807, 2.05) is 6.92 Å². The SMILES string of the molecule is CCCCCC(=O)CC=CC(O)CC. The Morgan fingerprint density at radius 1 is 1.36 bits per heavy atom. The Labute approximate surface area is 87.0 Å². The molecule has 2 heteroatoms. The van der Waals surface area contributed by atoms with Gasteiger partial charge < -0.3 is 5.11 Å². The number of aliphatic hydroxyl groups is 1. The van der Waals surface area contributed by atoms with Gasteiger partial charge in [-0.25, -0.2) is 0 Å². The van der Waals surface area contributed by atoms with Crippen LogP contribution in [0.1, 0.15) is 52.4 Å². The molecule has 0 saturated carbocycles. The summed E-state index contributed by atoms with van der Waals surface area (Å²) < 4.78 is 0. The predicted molar refractivity (Wildman–Crippen MR) is 59.2 cm³/mol. The van der Waals surface area contributed by atoms with Crippen molar-refractivity contribution in [2.45, 2.75) is 58.5 Å². The highest BCUT2D eigenvalue weighted by atomic mass is 16.3. The molecular weight excluding hydrogens is 176 g/mol. The number of rotatable bonds is 8. The molecule has 1 atom stereocenters. The maximum absolute atomic E-state index is 11.3. The minimum absolute atomic E-state index is 0.276. The van der Waals surface area contributed by atoms with Crippen LogP contribution in [0.2, 0.25) is 0 Å². The molecular formula is C12H22O2. The van der Waals surface area contributed by atoms with Gasteiger partial charge in [0, 0.05) is 12.8 Å². The van der Waals surface area contributed by atoms with Gasteiger partial charge in [-0.1, -0.05) is 38.8 Å². The van der Waals surface area contributed by atoms with E-state index in [0.717, 1.165) is 19.3 Å². The molecule has 0 aromatic rings. The molecule has 2 nitrogen and oxygen atoms in total. The number of carbonyl (C=O) groups is 1. The molecule has 0 spiro atoms. The van der Waals surface area contributed by atoms with Crippen molar-refractivity contribution in [3.63, 3.8) is 0 Å². The molecule has 0 bridgehead atoms. The lowest BCUT2D eigenvalue weighted by Gasteiger charge is -1.99. The van der Waals surface area contributed by atoms with Gasteiger partial charge in [0.25, 0.3) is 0 Å². The van der Waals surface area contributed by atoms with Crippen LogP contribution < -0.4 is 0 Å². The van der Waals surface area contributed by atoms with Crippen molar-refractivity contribution in [3.8, 4) is 0 Å². The molecule has 0 aliphatic carbocycles. The summed E-state index contributed by atoms with van der Waals surface area (Å²) in [5, 5.41) is 9.19. The second kappa shape index (κ2) is 8.95. The Morgan fingerprint density at radius 2 is 2.07 bits per heavy atom. The van der Waals surface area contributed by atoms with E-state index in [9.17, 15) is 9.90 Å². The number of carbonyl (C=O) groups excluding carboxylic acids is 1. The van der Waals surface area contributed by atoms with Crippen LogP contribution in [0.3, 0.4) is 0 Å². The number of hydrogen-bond donors (Lipinski definition) is 1. The molecule has 0 aromatic carbocycles. The van der Waals surface area contributed by atoms with Crippen LogP contribution in [0.4, 0.5) is 0 Å². The third-order valence-electron chi connectivity index (χ3n) is 2.18. The van der Waals surface area contributed by atoms with Gasteiger partial charge in [-0.05, 0) is 12.8 Å². The average molecular weight is 198 g/mol. The maximum Gasteiger partial charge on any atom is 0.136 e. The van der Waals surface area contributed by atoms with Gasteiger partial charge in [-0.15, -0.1) is 0 Å². The molecule has 0 saturated heterocycles. The van der Waals surface area contributed by atoms with E-state index in [0.29, 0.717) is 19.3 Å². The molecule has 0 rings (SSSR count). The van der Waals surface area contributed by atoms with Crippen LogP contribution in [0.25, 0.3) is 0 Å². The molecule has 0 fully saturated rings. The van der Waals surface area contributed by atoms with E-state index >= 15 is 0 Å². The maximum atomic E-state index is 11.3. The molecule has 0 amide bonds. The summed E-state index contributed by atoms with van der Waals surface area (Å²) in [6.45, 7) is 4.04. The molecule has 1 N–H and O–H groups in total. The molecule has 0 aliphatic rings. The fraction of sp³-hybridized carbons (Fsp3) is 0.750. The summed E-state index contributed by atoms with van der Waals surface area (Å²) in [5.41, 5.74) is 0. The van der Waals surface area contributed by atoms with Crippen LogP contribution in [0.15, 0.2) is 12.2 Å². The fourth-order valence-corrected chi connectivity index (χ4v) is 1.17. The number of Topliss-reactive ketones (excluding diaryl/α,β-unsaturated/α-hetero) is 1. The molecule has 0 aliphatic heterocycles. The predicted octanol–water partition coefficient (Wildman–Crippen LogP) is 2.85. The third kappa shape index (κ3) is 7.99. The lowest BCUT2D eigenvalue weighted by molar-refractivity contribution is -0.118. The summed E-state index contributed by atoms with van der Waals surface area (Å²) in [6, 6.07) is 0. The quantitative estimate of drug-likeness (QED) is 0.481. The Bertz CT molecular complexity index is 173. The second-order valence-electron chi connectivity index (χ2n) is 3.60. The first-order valence-electron chi connectivity index (χ1n) is 5.57. The molecule has 0 heterocycles. The van der Waals surface area contributed by atoms with Gasteiger partial charge in [0.2, 0.25) is 0 Å². The van der Waals surface area contributed by atoms with Gasteiger partial charge in [0.15, 0.2) is 0 Å². The third-order valence-corrected chi connectivity index (χ3v) is 2.18. The molecule has 14 heavy (non-hydrogen) atoms. The summed E-state index contributed by atoms with van der Waals surface area (Å²) >= 11 is 0. The first kappa shape index (κ1) is 13.4. The largest absolute Gasteiger partial charge is 0.389 e. The van der Waals surface area contributed by atoms with Crippen molar-refractivity contribution >= 4 is 5.78 Å². The van der Waals surface area contributed by atoms with E-state index in [2.05, 4.69) is 6.92 Å². The van der Waals surface area contributed by atoms with Gasteiger partial charge in [-0.3, -0.25) is 4.79 Å². The monoisotopic (exact) mass is 198 g/mol. The van der Waals surface area contributed by atoms with Gasteiger partial charge >= 0.3 is 0 Å². The van der Waals surface area contributed by atoms with E-state index in [4.69, 9.17) is 0 Å². The lowest BCUT2D eigenvalue weighted by Crippen LogP contribution is -2.00. The average Bonchev–Trinajstić information content (AvgIpc) is 2.18. The molecule has 82 valence electrons. The van der Waals surface area contributed by atoms with Gasteiger partial charge in [-0.2, -0.15) is 0 Å². The first-order valence-corrected chi connectivity index (χ1v) is 5.57. The Kier molecular flexibility index (Phi) is 8.54. The number of aliphatic hydroxyl groups excluding tert-OH is 1. The van der Waals surface area contributed by atoms with E-state index in [1.165, 1.54) is 0 Å². The van der Waals surface area contributed by atoms with Crippen molar-refractivity contribution < 1.29 is 9.90 Å². The van der Waals surface area contributed by atoms with Crippen LogP contribution >= 0.6 is 0 Å². The van der Waals surface area contributed by atoms with Gasteiger partial charge in [0.1, 0.15) is 5.78 Å². The highest BCUT2D eigenvalue weighted by Gasteiger charge is 1.99. The van der Waals surface area contributed by atoms with Crippen molar-refractivity contribution in [1.29, 1.82) is 0 Å². The van der Waals surface area contributed by atoms with Crippen LogP contribution in [0, 0.1) is 0 Å². The number of ketones is 1. The summed E-state index contributed by atoms with van der Waals surface area (Å²) in [5.74, 6) is 0.276. The number of allylic oxidation sites excluding steroid dienone is 1. The van der Waals surface area contributed by atoms with Gasteiger partial charge in [0.05, 0.1) is 6.10 Å². The topological polar surface area (TPSA) is 37.3 Å². The smallest absolute Gasteiger partial charge is 0.136 e. The van der Waals surface area contributed by atoms with Crippen LogP contribution in [-0.2, 0) is 4.79 Å². The highest BCUT2D eigenvalue weighted by Crippen LogP contribution is 2.03. The zero-order chi connectivity index (χ0) is 10.8. The van der Waals surface area contributed by atoms with Crippen molar-refractivity contribution in [1.82, 2.24) is 0 Å². The van der Waals surface area contributed by atoms with E-state index < -0.39 is 6.10 Å². The number of hydrogen-bond acceptors (Lipinski definition) is 2. The zero-order valence-electron chi connectivity index (χ0n) is 9.33. The molecule has 1 unspecified atom stereocenters. The second-order valence-corrected chi connectivity index (χ2v) is 3.60. The molecule has 0 radical (unpaired) electrons. The molecule has 0 aromatic heterocycles. The fourth-order valence-electron chi connectivity index (χ4n) is 1.17. The number of unbranched alkanes of at least 4 members (excludes halogenated alkanes) is 2. The van der Waals surface area contributed by atoms with Crippen molar-refractivity contribution in [2.75, 3.05) is 0 Å². The van der Waals surface area contributed by atoms with E-state index in [1.54, 1.807) is 12.2 Å². The summed E-state index contributed by atoms with van der Waals surface area (Å²) in [7, 11) is 0. The Hall–Kier alpha value is -0.630. The van der Waals surface area contributed by atoms with E-state index in [-0.39, 0.29) is 5.78 Å². The summed E-state index contributed by atoms with van der Waals surface area (Å²) in [6.07, 6.45) is 8.24. The first-order chi connectivity index (χ1) is 6.70. The van der Waals surface area contributed by atoms with Crippen molar-refractivity contribution in [2.24, 2.45) is 0 Å². The zero-order valence-corrected chi connectivity index (χ0v) is 9.33. The van der Waals surface area contributed by atoms with Crippen LogP contribution in [-0.4, -0.2) is 17.0 Å². The van der Waals surface area contributed by atoms with Crippen LogP contribution in [0.5, 0.6) is 0 Å².